The third-order valence-electron chi connectivity index (χ3n) is 3.84. The number of aromatic nitrogens is 2. The van der Waals surface area contributed by atoms with Crippen molar-refractivity contribution < 1.29 is 9.59 Å². The second-order valence-corrected chi connectivity index (χ2v) is 5.58. The van der Waals surface area contributed by atoms with Crippen molar-refractivity contribution >= 4 is 11.8 Å². The number of amides is 2. The maximum absolute atomic E-state index is 12.6. The van der Waals surface area contributed by atoms with Crippen LogP contribution in [0.15, 0.2) is 36.4 Å². The van der Waals surface area contributed by atoms with Crippen molar-refractivity contribution in [2.45, 2.75) is 25.9 Å². The molecule has 0 radical (unpaired) electrons. The number of aromatic amines is 1. The zero-order valence-electron chi connectivity index (χ0n) is 12.5. The summed E-state index contributed by atoms with van der Waals surface area (Å²) in [7, 11) is 0. The van der Waals surface area contributed by atoms with Crippen LogP contribution in [-0.2, 0) is 4.79 Å². The van der Waals surface area contributed by atoms with Gasteiger partial charge in [0.25, 0.3) is 5.91 Å². The smallest absolute Gasteiger partial charge is 0.272 e. The minimum atomic E-state index is -0.479. The van der Waals surface area contributed by atoms with Gasteiger partial charge in [0.2, 0.25) is 5.91 Å². The Morgan fingerprint density at radius 2 is 2.00 bits per heavy atom. The molecule has 0 saturated carbocycles. The largest absolute Gasteiger partial charge is 0.350 e. The Morgan fingerprint density at radius 3 is 2.73 bits per heavy atom. The van der Waals surface area contributed by atoms with Gasteiger partial charge in [-0.05, 0) is 19.9 Å². The second-order valence-electron chi connectivity index (χ2n) is 5.58. The monoisotopic (exact) mass is 298 g/mol. The number of carbonyl (C=O) groups is 2. The molecular formula is C16H18N4O2. The minimum Gasteiger partial charge on any atom is -0.350 e. The molecule has 2 aromatic rings. The van der Waals surface area contributed by atoms with E-state index in [4.69, 9.17) is 0 Å². The van der Waals surface area contributed by atoms with Gasteiger partial charge in [-0.3, -0.25) is 14.7 Å². The van der Waals surface area contributed by atoms with E-state index in [1.54, 1.807) is 17.9 Å². The molecule has 22 heavy (non-hydrogen) atoms. The zero-order chi connectivity index (χ0) is 15.7. The summed E-state index contributed by atoms with van der Waals surface area (Å²) in [4.78, 5) is 26.0. The lowest BCUT2D eigenvalue weighted by Gasteiger charge is -2.36. The van der Waals surface area contributed by atoms with E-state index in [-0.39, 0.29) is 17.9 Å². The number of benzene rings is 1. The first-order chi connectivity index (χ1) is 10.6. The molecule has 6 nitrogen and oxygen atoms in total. The van der Waals surface area contributed by atoms with Gasteiger partial charge in [-0.1, -0.05) is 30.3 Å². The number of nitrogens with zero attached hydrogens (tertiary/aromatic N) is 2. The molecule has 114 valence electrons. The highest BCUT2D eigenvalue weighted by molar-refractivity contribution is 5.97. The van der Waals surface area contributed by atoms with Gasteiger partial charge in [-0.2, -0.15) is 5.10 Å². The van der Waals surface area contributed by atoms with Crippen LogP contribution in [0.2, 0.25) is 0 Å². The van der Waals surface area contributed by atoms with Gasteiger partial charge < -0.3 is 10.2 Å². The highest BCUT2D eigenvalue weighted by Crippen LogP contribution is 2.19. The first-order valence-corrected chi connectivity index (χ1v) is 7.28. The summed E-state index contributed by atoms with van der Waals surface area (Å²) in [5.74, 6) is -0.334. The summed E-state index contributed by atoms with van der Waals surface area (Å²) in [5, 5.41) is 9.81. The Bertz CT molecular complexity index is 695. The van der Waals surface area contributed by atoms with Crippen LogP contribution in [0, 0.1) is 0 Å². The van der Waals surface area contributed by atoms with Gasteiger partial charge in [-0.25, -0.2) is 0 Å². The molecule has 1 aliphatic rings. The fourth-order valence-electron chi connectivity index (χ4n) is 2.61. The van der Waals surface area contributed by atoms with Gasteiger partial charge in [0.15, 0.2) is 0 Å². The first-order valence-electron chi connectivity index (χ1n) is 7.28. The molecule has 1 aromatic heterocycles. The number of piperazine rings is 1. The Kier molecular flexibility index (Phi) is 3.66. The molecule has 2 amide bonds. The van der Waals surface area contributed by atoms with Crippen LogP contribution in [0.25, 0.3) is 11.3 Å². The fourth-order valence-corrected chi connectivity index (χ4v) is 2.61. The van der Waals surface area contributed by atoms with Crippen molar-refractivity contribution in [1.29, 1.82) is 0 Å². The third-order valence-corrected chi connectivity index (χ3v) is 3.84. The molecule has 1 aromatic carbocycles. The van der Waals surface area contributed by atoms with Crippen LogP contribution in [0.5, 0.6) is 0 Å². The first kappa shape index (κ1) is 14.3. The van der Waals surface area contributed by atoms with Gasteiger partial charge in [0.05, 0.1) is 5.69 Å². The summed E-state index contributed by atoms with van der Waals surface area (Å²) in [6.45, 7) is 4.10. The Labute approximate surface area is 128 Å². The molecule has 1 saturated heterocycles. The van der Waals surface area contributed by atoms with Crippen LogP contribution >= 0.6 is 0 Å². The molecule has 6 heteroatoms. The summed E-state index contributed by atoms with van der Waals surface area (Å²) in [6, 6.07) is 10.8. The number of nitrogens with one attached hydrogen (secondary N) is 2. The van der Waals surface area contributed by atoms with E-state index in [1.807, 2.05) is 37.3 Å². The summed E-state index contributed by atoms with van der Waals surface area (Å²) in [6.07, 6.45) is 0. The molecule has 1 fully saturated rings. The maximum atomic E-state index is 12.6. The predicted octanol–water partition coefficient (Wildman–Crippen LogP) is 1.43. The molecule has 0 aliphatic carbocycles. The summed E-state index contributed by atoms with van der Waals surface area (Å²) >= 11 is 0. The number of hydrogen-bond acceptors (Lipinski definition) is 3. The van der Waals surface area contributed by atoms with Crippen molar-refractivity contribution in [1.82, 2.24) is 20.4 Å². The third kappa shape index (κ3) is 2.59. The van der Waals surface area contributed by atoms with Gasteiger partial charge in [-0.15, -0.1) is 0 Å². The van der Waals surface area contributed by atoms with E-state index in [0.29, 0.717) is 17.9 Å². The van der Waals surface area contributed by atoms with Crippen LogP contribution < -0.4 is 5.32 Å². The second kappa shape index (κ2) is 5.63. The van der Waals surface area contributed by atoms with E-state index in [1.165, 1.54) is 0 Å². The van der Waals surface area contributed by atoms with E-state index in [9.17, 15) is 9.59 Å². The molecule has 3 rings (SSSR count). The van der Waals surface area contributed by atoms with Crippen molar-refractivity contribution in [2.75, 3.05) is 6.54 Å². The zero-order valence-corrected chi connectivity index (χ0v) is 12.5. The van der Waals surface area contributed by atoms with Crippen LogP contribution in [-0.4, -0.2) is 45.5 Å². The lowest BCUT2D eigenvalue weighted by molar-refractivity contribution is -0.128. The normalized spacial score (nSPS) is 21.5. The molecule has 2 atom stereocenters. The number of carbonyl (C=O) groups excluding carboxylic acids is 2. The lowest BCUT2D eigenvalue weighted by atomic mass is 10.1. The van der Waals surface area contributed by atoms with Crippen LogP contribution in [0.4, 0.5) is 0 Å². The Hall–Kier alpha value is -2.63. The Morgan fingerprint density at radius 1 is 1.27 bits per heavy atom. The minimum absolute atomic E-state index is 0.0517. The van der Waals surface area contributed by atoms with Gasteiger partial charge >= 0.3 is 0 Å². The number of hydrogen-bond donors (Lipinski definition) is 2. The number of H-pyrrole nitrogens is 1. The number of rotatable bonds is 2. The average molecular weight is 298 g/mol. The van der Waals surface area contributed by atoms with Crippen molar-refractivity contribution in [3.05, 3.63) is 42.1 Å². The maximum Gasteiger partial charge on any atom is 0.272 e. The standard InChI is InChI=1S/C16H18N4O2/c1-10-9-20(11(2)15(21)17-10)16(22)14-8-13(18-19-14)12-6-4-3-5-7-12/h3-8,10-11H,9H2,1-2H3,(H,17,21)(H,18,19). The average Bonchev–Trinajstić information content (AvgIpc) is 3.01. The highest BCUT2D eigenvalue weighted by Gasteiger charge is 2.33. The summed E-state index contributed by atoms with van der Waals surface area (Å²) < 4.78 is 0. The Balaban J connectivity index is 1.84. The van der Waals surface area contributed by atoms with Crippen molar-refractivity contribution in [3.63, 3.8) is 0 Å². The van der Waals surface area contributed by atoms with Crippen LogP contribution in [0.1, 0.15) is 24.3 Å². The SMILES string of the molecule is CC1CN(C(=O)c2cc(-c3ccccc3)n[nH]2)C(C)C(=O)N1. The molecule has 0 bridgehead atoms. The molecule has 2 unspecified atom stereocenters. The van der Waals surface area contributed by atoms with E-state index >= 15 is 0 Å². The summed E-state index contributed by atoms with van der Waals surface area (Å²) in [5.41, 5.74) is 2.05. The molecule has 2 heterocycles. The van der Waals surface area contributed by atoms with E-state index in [0.717, 1.165) is 5.56 Å². The van der Waals surface area contributed by atoms with Crippen LogP contribution in [0.3, 0.4) is 0 Å². The fraction of sp³-hybridized carbons (Fsp3) is 0.312. The lowest BCUT2D eigenvalue weighted by Crippen LogP contribution is -2.59. The predicted molar refractivity (Wildman–Crippen MR) is 82.1 cm³/mol. The van der Waals surface area contributed by atoms with E-state index in [2.05, 4.69) is 15.5 Å². The quantitative estimate of drug-likeness (QED) is 0.880. The van der Waals surface area contributed by atoms with Gasteiger partial charge in [0, 0.05) is 18.2 Å². The van der Waals surface area contributed by atoms with Gasteiger partial charge in [0.1, 0.15) is 11.7 Å². The molecule has 2 N–H and O–H groups in total. The molecule has 0 spiro atoms. The van der Waals surface area contributed by atoms with Crippen molar-refractivity contribution in [2.24, 2.45) is 0 Å². The topological polar surface area (TPSA) is 78.1 Å². The van der Waals surface area contributed by atoms with Crippen molar-refractivity contribution in [3.8, 4) is 11.3 Å². The van der Waals surface area contributed by atoms with E-state index < -0.39 is 6.04 Å². The molecular weight excluding hydrogens is 280 g/mol. The molecule has 1 aliphatic heterocycles. The highest BCUT2D eigenvalue weighted by atomic mass is 16.2.